The molecular formula is C52H36N6. The Bertz CT molecular complexity index is 3580. The Kier molecular flexibility index (Phi) is 5.76. The van der Waals surface area contributed by atoms with Crippen molar-refractivity contribution < 1.29 is 4.11 Å². The summed E-state index contributed by atoms with van der Waals surface area (Å²) in [6.07, 6.45) is 8.56. The molecule has 7 aromatic carbocycles. The zero-order valence-corrected chi connectivity index (χ0v) is 31.5. The SMILES string of the molecule is [2H]C([2H])([2H])c1cc(N2c3nc4c(C)cccc4n3C3C=CC=CC32)cc2c1nc1n(-c3ccc4c(c3)-c3ccccc3-c3ccccc3-c3ccccc3-4)c3ccccc3n21. The quantitative estimate of drug-likeness (QED) is 0.177. The van der Waals surface area contributed by atoms with Gasteiger partial charge in [0.25, 0.3) is 0 Å². The Morgan fingerprint density at radius 1 is 0.483 bits per heavy atom. The zero-order valence-electron chi connectivity index (χ0n) is 34.5. The summed E-state index contributed by atoms with van der Waals surface area (Å²) in [5, 5.41) is 0. The average molecular weight is 748 g/mol. The summed E-state index contributed by atoms with van der Waals surface area (Å²) in [6, 6.07) is 51.1. The van der Waals surface area contributed by atoms with Crippen molar-refractivity contribution in [1.82, 2.24) is 23.5 Å². The lowest BCUT2D eigenvalue weighted by Gasteiger charge is -2.27. The second kappa shape index (κ2) is 11.6. The van der Waals surface area contributed by atoms with Crippen LogP contribution in [-0.4, -0.2) is 29.5 Å². The van der Waals surface area contributed by atoms with Crippen LogP contribution in [0.3, 0.4) is 0 Å². The van der Waals surface area contributed by atoms with Crippen LogP contribution in [0.15, 0.2) is 170 Å². The van der Waals surface area contributed by atoms with Crippen molar-refractivity contribution in [3.05, 3.63) is 181 Å². The Labute approximate surface area is 339 Å². The lowest BCUT2D eigenvalue weighted by atomic mass is 9.81. The van der Waals surface area contributed by atoms with E-state index in [9.17, 15) is 0 Å². The van der Waals surface area contributed by atoms with Gasteiger partial charge < -0.3 is 9.47 Å². The van der Waals surface area contributed by atoms with Gasteiger partial charge in [-0.1, -0.05) is 127 Å². The number of aryl methyl sites for hydroxylation is 2. The van der Waals surface area contributed by atoms with E-state index in [0.29, 0.717) is 11.3 Å². The molecule has 3 aromatic heterocycles. The van der Waals surface area contributed by atoms with Crippen molar-refractivity contribution in [2.45, 2.75) is 25.9 Å². The highest BCUT2D eigenvalue weighted by Crippen LogP contribution is 2.49. The third kappa shape index (κ3) is 4.16. The molecule has 6 heteroatoms. The number of hydrogen-bond donors (Lipinski definition) is 0. The predicted octanol–water partition coefficient (Wildman–Crippen LogP) is 12.6. The minimum atomic E-state index is -2.44. The van der Waals surface area contributed by atoms with Gasteiger partial charge in [-0.25, -0.2) is 9.97 Å². The fourth-order valence-corrected chi connectivity index (χ4v) is 10.1. The molecule has 0 bridgehead atoms. The van der Waals surface area contributed by atoms with E-state index in [1.165, 1.54) is 27.8 Å². The minimum Gasteiger partial charge on any atom is -0.303 e. The molecule has 2 unspecified atom stereocenters. The summed E-state index contributed by atoms with van der Waals surface area (Å²) < 4.78 is 33.3. The molecule has 2 atom stereocenters. The smallest absolute Gasteiger partial charge is 0.220 e. The first kappa shape index (κ1) is 28.9. The Morgan fingerprint density at radius 3 is 1.76 bits per heavy atom. The van der Waals surface area contributed by atoms with Crippen molar-refractivity contribution >= 4 is 50.5 Å². The molecule has 3 aliphatic rings. The lowest BCUT2D eigenvalue weighted by Crippen LogP contribution is -2.29. The van der Waals surface area contributed by atoms with Crippen molar-refractivity contribution in [1.29, 1.82) is 0 Å². The number of rotatable bonds is 2. The monoisotopic (exact) mass is 747 g/mol. The van der Waals surface area contributed by atoms with E-state index in [1.807, 2.05) is 12.1 Å². The first-order chi connectivity index (χ1) is 29.8. The molecule has 13 rings (SSSR count). The average Bonchev–Trinajstić information content (AvgIpc) is 4.02. The molecule has 4 heterocycles. The molecule has 58 heavy (non-hydrogen) atoms. The number of para-hydroxylation sites is 3. The summed E-state index contributed by atoms with van der Waals surface area (Å²) in [4.78, 5) is 12.7. The second-order valence-electron chi connectivity index (χ2n) is 15.6. The fraction of sp³-hybridized carbons (Fsp3) is 0.0769. The van der Waals surface area contributed by atoms with Crippen LogP contribution >= 0.6 is 0 Å². The molecule has 10 aromatic rings. The molecule has 0 saturated carbocycles. The first-order valence-electron chi connectivity index (χ1n) is 21.3. The van der Waals surface area contributed by atoms with Crippen molar-refractivity contribution in [2.75, 3.05) is 4.90 Å². The number of hydrogen-bond acceptors (Lipinski definition) is 3. The molecule has 0 spiro atoms. The number of nitrogens with zero attached hydrogens (tertiary/aromatic N) is 6. The van der Waals surface area contributed by atoms with E-state index in [0.717, 1.165) is 67.2 Å². The normalized spacial score (nSPS) is 17.3. The van der Waals surface area contributed by atoms with Gasteiger partial charge in [-0.3, -0.25) is 8.97 Å². The summed E-state index contributed by atoms with van der Waals surface area (Å²) in [5.74, 6) is 1.44. The second-order valence-corrected chi connectivity index (χ2v) is 15.6. The van der Waals surface area contributed by atoms with E-state index < -0.39 is 6.85 Å². The van der Waals surface area contributed by atoms with E-state index >= 15 is 0 Å². The Hall–Kier alpha value is -7.44. The Morgan fingerprint density at radius 2 is 1.07 bits per heavy atom. The van der Waals surface area contributed by atoms with E-state index in [4.69, 9.17) is 14.1 Å². The van der Waals surface area contributed by atoms with Gasteiger partial charge in [0.15, 0.2) is 0 Å². The van der Waals surface area contributed by atoms with Gasteiger partial charge in [-0.05, 0) is 112 Å². The standard InChI is InChI=1S/C52H36N6/c1-31-14-13-25-47-49(31)53-52-56(44-22-10-11-23-45(44)57(47)52)34-28-32(2)50-48(30-34)58-46-24-12-9-21-43(46)55(51(58)54-50)33-26-27-41-39-19-6-5-17-37(39)35-15-3-4-16-36(35)38-18-7-8-20-40(38)42(41)29-33/h3-30,44-45H,1-2H3/i2D3. The number of allylic oxidation sites excluding steroid dienone is 2. The van der Waals surface area contributed by atoms with Crippen LogP contribution in [0.1, 0.15) is 21.3 Å². The van der Waals surface area contributed by atoms with E-state index in [1.54, 1.807) is 0 Å². The van der Waals surface area contributed by atoms with Crippen LogP contribution in [0.5, 0.6) is 0 Å². The van der Waals surface area contributed by atoms with Gasteiger partial charge in [-0.15, -0.1) is 0 Å². The van der Waals surface area contributed by atoms with Crippen LogP contribution in [0, 0.1) is 13.8 Å². The highest BCUT2D eigenvalue weighted by molar-refractivity contribution is 6.04. The molecule has 274 valence electrons. The molecule has 2 aliphatic carbocycles. The molecule has 6 nitrogen and oxygen atoms in total. The number of aromatic nitrogens is 5. The van der Waals surface area contributed by atoms with Crippen molar-refractivity contribution in [2.24, 2.45) is 0 Å². The summed E-state index contributed by atoms with van der Waals surface area (Å²) >= 11 is 0. The van der Waals surface area contributed by atoms with E-state index in [-0.39, 0.29) is 17.6 Å². The van der Waals surface area contributed by atoms with Crippen LogP contribution in [0.25, 0.3) is 89.1 Å². The summed E-state index contributed by atoms with van der Waals surface area (Å²) in [5.41, 5.74) is 17.4. The molecule has 0 fully saturated rings. The van der Waals surface area contributed by atoms with Crippen LogP contribution in [0.4, 0.5) is 11.6 Å². The van der Waals surface area contributed by atoms with Gasteiger partial charge in [0.2, 0.25) is 11.7 Å². The molecule has 1 aliphatic heterocycles. The van der Waals surface area contributed by atoms with Crippen LogP contribution < -0.4 is 4.90 Å². The third-order valence-electron chi connectivity index (χ3n) is 12.6. The van der Waals surface area contributed by atoms with Gasteiger partial charge in [0, 0.05) is 15.5 Å². The third-order valence-corrected chi connectivity index (χ3v) is 12.6. The van der Waals surface area contributed by atoms with Gasteiger partial charge in [0.05, 0.1) is 45.2 Å². The predicted molar refractivity (Wildman–Crippen MR) is 237 cm³/mol. The minimum absolute atomic E-state index is 0.00540. The van der Waals surface area contributed by atoms with Gasteiger partial charge >= 0.3 is 0 Å². The van der Waals surface area contributed by atoms with Crippen molar-refractivity contribution in [3.63, 3.8) is 0 Å². The highest BCUT2D eigenvalue weighted by Gasteiger charge is 2.40. The maximum atomic E-state index is 8.91. The van der Waals surface area contributed by atoms with Crippen LogP contribution in [-0.2, 0) is 0 Å². The number of anilines is 2. The van der Waals surface area contributed by atoms with Gasteiger partial charge in [-0.2, -0.15) is 0 Å². The Balaban J connectivity index is 1.08. The zero-order chi connectivity index (χ0) is 40.7. The van der Waals surface area contributed by atoms with Crippen LogP contribution in [0.2, 0.25) is 0 Å². The molecule has 0 saturated heterocycles. The topological polar surface area (TPSA) is 43.3 Å². The lowest BCUT2D eigenvalue weighted by molar-refractivity contribution is 0.624. The van der Waals surface area contributed by atoms with Crippen molar-refractivity contribution in [3.8, 4) is 50.2 Å². The maximum Gasteiger partial charge on any atom is 0.220 e. The molecule has 0 N–H and O–H groups in total. The largest absolute Gasteiger partial charge is 0.303 e. The number of imidazole rings is 3. The van der Waals surface area contributed by atoms with E-state index in [2.05, 4.69) is 183 Å². The summed E-state index contributed by atoms with van der Waals surface area (Å²) in [6.45, 7) is -0.356. The molecule has 0 amide bonds. The molecular weight excluding hydrogens is 709 g/mol. The first-order valence-corrected chi connectivity index (χ1v) is 19.8. The molecule has 0 radical (unpaired) electrons. The number of fused-ring (bicyclic) bond motifs is 18. The summed E-state index contributed by atoms with van der Waals surface area (Å²) in [7, 11) is 0. The number of benzene rings is 7. The highest BCUT2D eigenvalue weighted by atomic mass is 15.4. The fourth-order valence-electron chi connectivity index (χ4n) is 10.1. The van der Waals surface area contributed by atoms with Gasteiger partial charge in [0.1, 0.15) is 0 Å². The maximum absolute atomic E-state index is 8.91.